The highest BCUT2D eigenvalue weighted by molar-refractivity contribution is 5.85. The minimum atomic E-state index is -1.15. The number of benzene rings is 2. The van der Waals surface area contributed by atoms with Crippen molar-refractivity contribution in [1.82, 2.24) is 19.9 Å². The fraction of sp³-hybridized carbons (Fsp3) is 0. The number of hydrogen-bond acceptors (Lipinski definition) is 4. The molecule has 0 saturated carbocycles. The van der Waals surface area contributed by atoms with E-state index in [1.807, 2.05) is 36.4 Å². The van der Waals surface area contributed by atoms with E-state index >= 15 is 0 Å². The standard InChI is InChI=1S/C18H10F2N4/c19-17-22-16(23-18(20)24-17)13-7-3-6-12(8-13)15-9-11-4-1-2-5-14(11)10-21-15/h1-10H. The molecule has 0 N–H and O–H groups in total. The molecule has 6 heteroatoms. The van der Waals surface area contributed by atoms with E-state index in [9.17, 15) is 8.78 Å². The molecule has 4 aromatic rings. The molecule has 24 heavy (non-hydrogen) atoms. The van der Waals surface area contributed by atoms with E-state index in [-0.39, 0.29) is 5.82 Å². The van der Waals surface area contributed by atoms with Gasteiger partial charge >= 0.3 is 12.2 Å². The summed E-state index contributed by atoms with van der Waals surface area (Å²) in [7, 11) is 0. The van der Waals surface area contributed by atoms with Crippen LogP contribution in [0.25, 0.3) is 33.4 Å². The van der Waals surface area contributed by atoms with Gasteiger partial charge in [0.05, 0.1) is 5.69 Å². The summed E-state index contributed by atoms with van der Waals surface area (Å²) in [6.45, 7) is 0. The number of fused-ring (bicyclic) bond motifs is 1. The molecule has 0 bridgehead atoms. The summed E-state index contributed by atoms with van der Waals surface area (Å²) in [5.74, 6) is -0.0531. The van der Waals surface area contributed by atoms with E-state index in [0.717, 1.165) is 22.0 Å². The highest BCUT2D eigenvalue weighted by atomic mass is 19.1. The molecular weight excluding hydrogens is 310 g/mol. The summed E-state index contributed by atoms with van der Waals surface area (Å²) >= 11 is 0. The van der Waals surface area contributed by atoms with E-state index in [1.165, 1.54) is 0 Å². The van der Waals surface area contributed by atoms with E-state index in [0.29, 0.717) is 5.56 Å². The molecular formula is C18H10F2N4. The van der Waals surface area contributed by atoms with Crippen LogP contribution in [0.1, 0.15) is 0 Å². The van der Waals surface area contributed by atoms with E-state index < -0.39 is 12.2 Å². The Balaban J connectivity index is 1.81. The molecule has 2 aromatic heterocycles. The Kier molecular flexibility index (Phi) is 3.42. The summed E-state index contributed by atoms with van der Waals surface area (Å²) in [4.78, 5) is 14.4. The van der Waals surface area contributed by atoms with Gasteiger partial charge in [0.1, 0.15) is 0 Å². The van der Waals surface area contributed by atoms with Gasteiger partial charge < -0.3 is 0 Å². The lowest BCUT2D eigenvalue weighted by Crippen LogP contribution is -2.00. The fourth-order valence-corrected chi connectivity index (χ4v) is 2.51. The third kappa shape index (κ3) is 2.69. The second-order valence-electron chi connectivity index (χ2n) is 5.19. The number of rotatable bonds is 2. The van der Waals surface area contributed by atoms with E-state index in [4.69, 9.17) is 0 Å². The maximum absolute atomic E-state index is 13.2. The molecule has 0 aliphatic rings. The van der Waals surface area contributed by atoms with Gasteiger partial charge in [-0.15, -0.1) is 0 Å². The Morgan fingerprint density at radius 1 is 0.667 bits per heavy atom. The summed E-state index contributed by atoms with van der Waals surface area (Å²) in [6.07, 6.45) is -0.502. The van der Waals surface area contributed by atoms with E-state index in [1.54, 1.807) is 24.4 Å². The molecule has 116 valence electrons. The summed E-state index contributed by atoms with van der Waals surface area (Å²) in [5.41, 5.74) is 2.05. The van der Waals surface area contributed by atoms with Crippen molar-refractivity contribution < 1.29 is 8.78 Å². The Hall–Kier alpha value is -3.28. The van der Waals surface area contributed by atoms with Crippen molar-refractivity contribution in [3.05, 3.63) is 73.0 Å². The molecule has 0 radical (unpaired) electrons. The lowest BCUT2D eigenvalue weighted by Gasteiger charge is -2.06. The Bertz CT molecular complexity index is 1030. The number of aromatic nitrogens is 4. The number of halogens is 2. The second kappa shape index (κ2) is 5.73. The predicted octanol–water partition coefficient (Wildman–Crippen LogP) is 4.03. The van der Waals surface area contributed by atoms with Crippen molar-refractivity contribution in [3.8, 4) is 22.6 Å². The van der Waals surface area contributed by atoms with Crippen LogP contribution < -0.4 is 0 Å². The predicted molar refractivity (Wildman–Crippen MR) is 85.9 cm³/mol. The topological polar surface area (TPSA) is 51.6 Å². The Morgan fingerprint density at radius 3 is 2.17 bits per heavy atom. The monoisotopic (exact) mass is 320 g/mol. The first kappa shape index (κ1) is 14.3. The Morgan fingerprint density at radius 2 is 1.38 bits per heavy atom. The maximum atomic E-state index is 13.2. The minimum absolute atomic E-state index is 0.0531. The van der Waals surface area contributed by atoms with Crippen LogP contribution in [0.15, 0.2) is 60.8 Å². The van der Waals surface area contributed by atoms with Crippen molar-refractivity contribution in [2.75, 3.05) is 0 Å². The first-order valence-corrected chi connectivity index (χ1v) is 7.22. The zero-order chi connectivity index (χ0) is 16.5. The van der Waals surface area contributed by atoms with Crippen molar-refractivity contribution in [1.29, 1.82) is 0 Å². The molecule has 4 rings (SSSR count). The molecule has 0 amide bonds. The number of nitrogens with zero attached hydrogens (tertiary/aromatic N) is 4. The SMILES string of the molecule is Fc1nc(F)nc(-c2cccc(-c3cc4ccccc4cn3)c2)n1. The highest BCUT2D eigenvalue weighted by Crippen LogP contribution is 2.25. The molecule has 0 aliphatic carbocycles. The Labute approximate surface area is 135 Å². The van der Waals surface area contributed by atoms with Gasteiger partial charge in [-0.1, -0.05) is 42.5 Å². The minimum Gasteiger partial charge on any atom is -0.256 e. The number of hydrogen-bond donors (Lipinski definition) is 0. The first-order chi connectivity index (χ1) is 11.7. The quantitative estimate of drug-likeness (QED) is 0.559. The van der Waals surface area contributed by atoms with Crippen molar-refractivity contribution in [2.24, 2.45) is 0 Å². The van der Waals surface area contributed by atoms with Gasteiger partial charge in [0.2, 0.25) is 0 Å². The largest absolute Gasteiger partial charge is 0.314 e. The van der Waals surface area contributed by atoms with Gasteiger partial charge in [-0.25, -0.2) is 0 Å². The van der Waals surface area contributed by atoms with Gasteiger partial charge in [-0.05, 0) is 17.5 Å². The molecule has 0 atom stereocenters. The molecule has 2 heterocycles. The zero-order valence-corrected chi connectivity index (χ0v) is 12.3. The summed E-state index contributed by atoms with van der Waals surface area (Å²) in [5, 5.41) is 2.10. The summed E-state index contributed by atoms with van der Waals surface area (Å²) in [6, 6.07) is 16.9. The summed E-state index contributed by atoms with van der Waals surface area (Å²) < 4.78 is 26.4. The van der Waals surface area contributed by atoms with Crippen molar-refractivity contribution in [2.45, 2.75) is 0 Å². The van der Waals surface area contributed by atoms with Gasteiger partial charge in [0, 0.05) is 22.7 Å². The molecule has 2 aromatic carbocycles. The molecule has 0 spiro atoms. The van der Waals surface area contributed by atoms with E-state index in [2.05, 4.69) is 19.9 Å². The fourth-order valence-electron chi connectivity index (χ4n) is 2.51. The van der Waals surface area contributed by atoms with Gasteiger partial charge in [-0.3, -0.25) is 4.98 Å². The first-order valence-electron chi connectivity index (χ1n) is 7.22. The second-order valence-corrected chi connectivity index (χ2v) is 5.19. The molecule has 0 fully saturated rings. The third-order valence-electron chi connectivity index (χ3n) is 3.63. The number of pyridine rings is 1. The molecule has 0 unspecified atom stereocenters. The third-order valence-corrected chi connectivity index (χ3v) is 3.63. The van der Waals surface area contributed by atoms with Crippen LogP contribution in [0.3, 0.4) is 0 Å². The zero-order valence-electron chi connectivity index (χ0n) is 12.3. The molecule has 0 aliphatic heterocycles. The normalized spacial score (nSPS) is 10.9. The van der Waals surface area contributed by atoms with Crippen LogP contribution in [0.2, 0.25) is 0 Å². The van der Waals surface area contributed by atoms with Crippen molar-refractivity contribution >= 4 is 10.8 Å². The smallest absolute Gasteiger partial charge is 0.256 e. The van der Waals surface area contributed by atoms with Crippen LogP contribution in [-0.4, -0.2) is 19.9 Å². The van der Waals surface area contributed by atoms with Gasteiger partial charge in [0.15, 0.2) is 5.82 Å². The average molecular weight is 320 g/mol. The van der Waals surface area contributed by atoms with Crippen LogP contribution in [0.5, 0.6) is 0 Å². The lowest BCUT2D eigenvalue weighted by molar-refractivity contribution is 0.457. The van der Waals surface area contributed by atoms with Gasteiger partial charge in [-0.2, -0.15) is 23.7 Å². The van der Waals surface area contributed by atoms with Crippen LogP contribution >= 0.6 is 0 Å². The average Bonchev–Trinajstić information content (AvgIpc) is 2.60. The van der Waals surface area contributed by atoms with Crippen LogP contribution in [0.4, 0.5) is 8.78 Å². The van der Waals surface area contributed by atoms with Crippen LogP contribution in [-0.2, 0) is 0 Å². The lowest BCUT2D eigenvalue weighted by atomic mass is 10.0. The van der Waals surface area contributed by atoms with Crippen molar-refractivity contribution in [3.63, 3.8) is 0 Å². The molecule has 4 nitrogen and oxygen atoms in total. The maximum Gasteiger partial charge on any atom is 0.314 e. The highest BCUT2D eigenvalue weighted by Gasteiger charge is 2.09. The molecule has 0 saturated heterocycles. The van der Waals surface area contributed by atoms with Gasteiger partial charge in [0.25, 0.3) is 0 Å². The van der Waals surface area contributed by atoms with Crippen LogP contribution in [0, 0.1) is 12.2 Å².